The number of hydrogen-bond acceptors (Lipinski definition) is 4. The zero-order valence-electron chi connectivity index (χ0n) is 12.3. The molecule has 0 bridgehead atoms. The molecule has 0 aliphatic carbocycles. The van der Waals surface area contributed by atoms with Gasteiger partial charge >= 0.3 is 8.56 Å². The third-order valence-electron chi connectivity index (χ3n) is 3.95. The van der Waals surface area contributed by atoms with E-state index in [4.69, 9.17) is 13.6 Å². The van der Waals surface area contributed by atoms with Gasteiger partial charge in [-0.05, 0) is 0 Å². The number of aliphatic hydroxyl groups excluding tert-OH is 1. The topological polar surface area (TPSA) is 47.9 Å². The molecule has 5 heteroatoms. The number of fused-ring (bicyclic) bond motifs is 1. The summed E-state index contributed by atoms with van der Waals surface area (Å²) in [7, 11) is -2.45. The van der Waals surface area contributed by atoms with Crippen molar-refractivity contribution in [3.05, 3.63) is 0 Å². The SMILES string of the molecule is CC(C)(C)[Si]1(C(C)(C)C)OC[C@H]2OCC(O)[C@@H]2O1. The Morgan fingerprint density at radius 3 is 2.06 bits per heavy atom. The van der Waals surface area contributed by atoms with Crippen molar-refractivity contribution in [2.24, 2.45) is 0 Å². The number of aliphatic hydroxyl groups is 1. The molecule has 106 valence electrons. The average Bonchev–Trinajstić information content (AvgIpc) is 2.56. The smallest absolute Gasteiger partial charge is 0.349 e. The molecule has 2 saturated heterocycles. The van der Waals surface area contributed by atoms with E-state index in [1.807, 2.05) is 0 Å². The van der Waals surface area contributed by atoms with Crippen LogP contribution in [-0.2, 0) is 13.6 Å². The van der Waals surface area contributed by atoms with E-state index in [0.29, 0.717) is 13.2 Å². The Labute approximate surface area is 111 Å². The highest BCUT2D eigenvalue weighted by molar-refractivity contribution is 6.73. The van der Waals surface area contributed by atoms with E-state index in [9.17, 15) is 5.11 Å². The Hall–Kier alpha value is 0.0569. The second kappa shape index (κ2) is 4.28. The molecule has 18 heavy (non-hydrogen) atoms. The van der Waals surface area contributed by atoms with Crippen molar-refractivity contribution in [1.29, 1.82) is 0 Å². The first-order valence-corrected chi connectivity index (χ1v) is 8.51. The number of hydrogen-bond donors (Lipinski definition) is 1. The van der Waals surface area contributed by atoms with Crippen LogP contribution in [0.25, 0.3) is 0 Å². The van der Waals surface area contributed by atoms with Gasteiger partial charge in [-0.2, -0.15) is 0 Å². The third kappa shape index (κ3) is 2.06. The van der Waals surface area contributed by atoms with E-state index in [-0.39, 0.29) is 22.3 Å². The van der Waals surface area contributed by atoms with Crippen LogP contribution in [0.15, 0.2) is 0 Å². The molecule has 2 aliphatic rings. The van der Waals surface area contributed by atoms with E-state index < -0.39 is 14.7 Å². The van der Waals surface area contributed by atoms with Gasteiger partial charge in [0.25, 0.3) is 0 Å². The van der Waals surface area contributed by atoms with E-state index in [1.54, 1.807) is 0 Å². The van der Waals surface area contributed by atoms with Crippen LogP contribution in [-0.4, -0.2) is 45.2 Å². The summed E-state index contributed by atoms with van der Waals surface area (Å²) in [4.78, 5) is 0. The van der Waals surface area contributed by atoms with E-state index in [0.717, 1.165) is 0 Å². The van der Waals surface area contributed by atoms with Crippen LogP contribution in [0.1, 0.15) is 41.5 Å². The van der Waals surface area contributed by atoms with Gasteiger partial charge in [0, 0.05) is 10.1 Å². The maximum atomic E-state index is 10.0. The van der Waals surface area contributed by atoms with Crippen molar-refractivity contribution in [2.45, 2.75) is 69.9 Å². The Balaban J connectivity index is 2.33. The van der Waals surface area contributed by atoms with Crippen molar-refractivity contribution in [3.8, 4) is 0 Å². The second-order valence-electron chi connectivity index (χ2n) is 7.45. The Kier molecular flexibility index (Phi) is 3.44. The van der Waals surface area contributed by atoms with E-state index >= 15 is 0 Å². The van der Waals surface area contributed by atoms with Gasteiger partial charge in [0.15, 0.2) is 0 Å². The predicted octanol–water partition coefficient (Wildman–Crippen LogP) is 2.20. The van der Waals surface area contributed by atoms with Crippen molar-refractivity contribution in [1.82, 2.24) is 0 Å². The summed E-state index contributed by atoms with van der Waals surface area (Å²) in [5, 5.41) is 9.92. The summed E-state index contributed by atoms with van der Waals surface area (Å²) in [5.41, 5.74) is 0. The zero-order valence-corrected chi connectivity index (χ0v) is 13.3. The maximum absolute atomic E-state index is 10.0. The van der Waals surface area contributed by atoms with Gasteiger partial charge < -0.3 is 18.7 Å². The van der Waals surface area contributed by atoms with Crippen LogP contribution in [0, 0.1) is 0 Å². The first-order valence-electron chi connectivity index (χ1n) is 6.70. The first-order chi connectivity index (χ1) is 8.08. The average molecular weight is 274 g/mol. The summed E-state index contributed by atoms with van der Waals surface area (Å²) in [6, 6.07) is 0. The van der Waals surface area contributed by atoms with Gasteiger partial charge in [0.05, 0.1) is 13.2 Å². The number of ether oxygens (including phenoxy) is 1. The van der Waals surface area contributed by atoms with Gasteiger partial charge in [0.1, 0.15) is 18.3 Å². The Bertz CT molecular complexity index is 304. The fourth-order valence-electron chi connectivity index (χ4n) is 3.29. The maximum Gasteiger partial charge on any atom is 0.349 e. The van der Waals surface area contributed by atoms with Gasteiger partial charge in [-0.1, -0.05) is 41.5 Å². The summed E-state index contributed by atoms with van der Waals surface area (Å²) in [6.07, 6.45) is -0.843. The molecule has 0 aromatic rings. The fourth-order valence-corrected chi connectivity index (χ4v) is 8.28. The molecule has 4 nitrogen and oxygen atoms in total. The van der Waals surface area contributed by atoms with Crippen LogP contribution in [0.5, 0.6) is 0 Å². The third-order valence-corrected chi connectivity index (χ3v) is 9.08. The standard InChI is InChI=1S/C13H26O4Si/c1-12(2,3)18(13(4,5)6)16-8-10-11(17-18)9(14)7-15-10/h9-11,14H,7-8H2,1-6H3/t9?,10-,11+/m1/s1. The highest BCUT2D eigenvalue weighted by Crippen LogP contribution is 2.54. The van der Waals surface area contributed by atoms with Gasteiger partial charge in [-0.15, -0.1) is 0 Å². The lowest BCUT2D eigenvalue weighted by Crippen LogP contribution is -2.65. The molecule has 1 N–H and O–H groups in total. The molecule has 0 aromatic carbocycles. The molecule has 2 rings (SSSR count). The quantitative estimate of drug-likeness (QED) is 0.688. The van der Waals surface area contributed by atoms with Crippen molar-refractivity contribution in [3.63, 3.8) is 0 Å². The van der Waals surface area contributed by atoms with Crippen LogP contribution in [0.3, 0.4) is 0 Å². The van der Waals surface area contributed by atoms with Crippen LogP contribution in [0.4, 0.5) is 0 Å². The van der Waals surface area contributed by atoms with Crippen LogP contribution in [0.2, 0.25) is 10.1 Å². The molecule has 0 aromatic heterocycles. The van der Waals surface area contributed by atoms with Gasteiger partial charge in [0.2, 0.25) is 0 Å². The molecule has 3 atom stereocenters. The summed E-state index contributed by atoms with van der Waals surface area (Å²) in [5.74, 6) is 0. The molecule has 0 radical (unpaired) electrons. The molecule has 0 spiro atoms. The lowest BCUT2D eigenvalue weighted by Gasteiger charge is -2.53. The van der Waals surface area contributed by atoms with Crippen LogP contribution < -0.4 is 0 Å². The summed E-state index contributed by atoms with van der Waals surface area (Å²) < 4.78 is 18.1. The molecule has 0 amide bonds. The van der Waals surface area contributed by atoms with Gasteiger partial charge in [-0.3, -0.25) is 0 Å². The van der Waals surface area contributed by atoms with Crippen molar-refractivity contribution < 1.29 is 18.7 Å². The first kappa shape index (κ1) is 14.5. The molecule has 2 fully saturated rings. The van der Waals surface area contributed by atoms with E-state index in [1.165, 1.54) is 0 Å². The van der Waals surface area contributed by atoms with Crippen LogP contribution >= 0.6 is 0 Å². The second-order valence-corrected chi connectivity index (χ2v) is 12.2. The Morgan fingerprint density at radius 2 is 1.56 bits per heavy atom. The fraction of sp³-hybridized carbons (Fsp3) is 1.00. The minimum atomic E-state index is -2.45. The van der Waals surface area contributed by atoms with Crippen molar-refractivity contribution in [2.75, 3.05) is 13.2 Å². The minimum Gasteiger partial charge on any atom is -0.391 e. The number of rotatable bonds is 0. The predicted molar refractivity (Wildman–Crippen MR) is 71.8 cm³/mol. The molecule has 0 saturated carbocycles. The molecule has 1 unspecified atom stereocenters. The zero-order chi connectivity index (χ0) is 13.8. The van der Waals surface area contributed by atoms with Gasteiger partial charge in [-0.25, -0.2) is 0 Å². The normalized spacial score (nSPS) is 36.5. The largest absolute Gasteiger partial charge is 0.391 e. The Morgan fingerprint density at radius 1 is 1.00 bits per heavy atom. The molecular weight excluding hydrogens is 248 g/mol. The molecule has 2 heterocycles. The summed E-state index contributed by atoms with van der Waals surface area (Å²) >= 11 is 0. The molecule has 2 aliphatic heterocycles. The lowest BCUT2D eigenvalue weighted by molar-refractivity contribution is -0.0672. The molecular formula is C13H26O4Si. The minimum absolute atomic E-state index is 0.0431. The summed E-state index contributed by atoms with van der Waals surface area (Å²) in [6.45, 7) is 13.9. The van der Waals surface area contributed by atoms with Crippen molar-refractivity contribution >= 4 is 8.56 Å². The lowest BCUT2D eigenvalue weighted by atomic mass is 10.2. The van der Waals surface area contributed by atoms with E-state index in [2.05, 4.69) is 41.5 Å². The highest BCUT2D eigenvalue weighted by Gasteiger charge is 2.63. The monoisotopic (exact) mass is 274 g/mol. The highest BCUT2D eigenvalue weighted by atomic mass is 28.4.